The summed E-state index contributed by atoms with van der Waals surface area (Å²) >= 11 is 1.13. The largest absolute Gasteiger partial charge is 0.497 e. The van der Waals surface area contributed by atoms with Crippen molar-refractivity contribution < 1.29 is 28.9 Å². The third-order valence-corrected chi connectivity index (χ3v) is 5.44. The fourth-order valence-electron chi connectivity index (χ4n) is 3.07. The minimum atomic E-state index is -0.494. The molecular formula is C21H21NO6S. The van der Waals surface area contributed by atoms with E-state index in [9.17, 15) is 14.7 Å². The van der Waals surface area contributed by atoms with E-state index in [1.165, 1.54) is 21.3 Å². The lowest BCUT2D eigenvalue weighted by Gasteiger charge is -2.19. The van der Waals surface area contributed by atoms with Gasteiger partial charge in [-0.1, -0.05) is 18.2 Å². The van der Waals surface area contributed by atoms with E-state index in [2.05, 4.69) is 0 Å². The molecule has 3 rings (SSSR count). The van der Waals surface area contributed by atoms with Gasteiger partial charge in [-0.3, -0.25) is 9.59 Å². The van der Waals surface area contributed by atoms with Gasteiger partial charge in [-0.25, -0.2) is 4.90 Å². The predicted octanol–water partition coefficient (Wildman–Crippen LogP) is 2.72. The third kappa shape index (κ3) is 3.81. The molecule has 2 aromatic rings. The van der Waals surface area contributed by atoms with Crippen molar-refractivity contribution in [2.75, 3.05) is 38.6 Å². The average molecular weight is 415 g/mol. The van der Waals surface area contributed by atoms with Gasteiger partial charge in [-0.05, 0) is 18.2 Å². The Morgan fingerprint density at radius 2 is 1.66 bits per heavy atom. The van der Waals surface area contributed by atoms with Gasteiger partial charge in [0.1, 0.15) is 17.2 Å². The number of para-hydroxylation sites is 1. The number of anilines is 1. The van der Waals surface area contributed by atoms with E-state index in [0.29, 0.717) is 22.8 Å². The van der Waals surface area contributed by atoms with Crippen LogP contribution < -0.4 is 19.1 Å². The number of benzene rings is 2. The molecule has 8 heteroatoms. The van der Waals surface area contributed by atoms with Gasteiger partial charge in [-0.2, -0.15) is 0 Å². The summed E-state index contributed by atoms with van der Waals surface area (Å²) in [5.41, 5.74) is 1.03. The van der Waals surface area contributed by atoms with Crippen molar-refractivity contribution in [2.45, 2.75) is 0 Å². The van der Waals surface area contributed by atoms with Crippen LogP contribution in [0.4, 0.5) is 5.69 Å². The van der Waals surface area contributed by atoms with E-state index < -0.39 is 11.8 Å². The van der Waals surface area contributed by atoms with E-state index in [4.69, 9.17) is 14.2 Å². The van der Waals surface area contributed by atoms with Crippen LogP contribution in [0.2, 0.25) is 0 Å². The average Bonchev–Trinajstić information content (AvgIpc) is 3.00. The Bertz CT molecular complexity index is 971. The highest BCUT2D eigenvalue weighted by molar-refractivity contribution is 8.04. The zero-order valence-corrected chi connectivity index (χ0v) is 17.1. The molecule has 0 fully saturated rings. The normalized spacial score (nSPS) is 13.9. The Morgan fingerprint density at radius 1 is 0.931 bits per heavy atom. The number of methoxy groups -OCH3 is 3. The molecule has 2 amide bonds. The first-order valence-electron chi connectivity index (χ1n) is 8.79. The lowest BCUT2D eigenvalue weighted by molar-refractivity contribution is -0.119. The Balaban J connectivity index is 2.17. The molecule has 0 bridgehead atoms. The quantitative estimate of drug-likeness (QED) is 0.664. The van der Waals surface area contributed by atoms with Gasteiger partial charge < -0.3 is 19.3 Å². The SMILES string of the molecule is COc1ccc(OC)c(N2C(=O)C(SCCO)=C(c3ccccc3OC)C2=O)c1. The van der Waals surface area contributed by atoms with E-state index in [0.717, 1.165) is 16.7 Å². The summed E-state index contributed by atoms with van der Waals surface area (Å²) in [6, 6.07) is 11.9. The number of aliphatic hydroxyl groups is 1. The fraction of sp³-hybridized carbons (Fsp3) is 0.238. The number of carbonyl (C=O) groups is 2. The summed E-state index contributed by atoms with van der Waals surface area (Å²) in [6.07, 6.45) is 0. The molecule has 7 nitrogen and oxygen atoms in total. The van der Waals surface area contributed by atoms with Crippen molar-refractivity contribution in [3.05, 3.63) is 52.9 Å². The molecule has 1 heterocycles. The molecule has 0 saturated carbocycles. The van der Waals surface area contributed by atoms with Crippen molar-refractivity contribution in [1.29, 1.82) is 0 Å². The lowest BCUT2D eigenvalue weighted by Crippen LogP contribution is -2.31. The van der Waals surface area contributed by atoms with E-state index >= 15 is 0 Å². The highest BCUT2D eigenvalue weighted by Gasteiger charge is 2.42. The smallest absolute Gasteiger partial charge is 0.272 e. The topological polar surface area (TPSA) is 85.3 Å². The minimum absolute atomic E-state index is 0.128. The van der Waals surface area contributed by atoms with Crippen LogP contribution in [0, 0.1) is 0 Å². The molecule has 0 spiro atoms. The molecule has 0 saturated heterocycles. The maximum atomic E-state index is 13.4. The maximum Gasteiger partial charge on any atom is 0.272 e. The van der Waals surface area contributed by atoms with Gasteiger partial charge in [0.15, 0.2) is 0 Å². The van der Waals surface area contributed by atoms with Gasteiger partial charge in [0.2, 0.25) is 0 Å². The van der Waals surface area contributed by atoms with Crippen molar-refractivity contribution in [3.8, 4) is 17.2 Å². The second kappa shape index (κ2) is 9.02. The Kier molecular flexibility index (Phi) is 6.46. The van der Waals surface area contributed by atoms with Crippen LogP contribution in [0.5, 0.6) is 17.2 Å². The molecule has 1 aliphatic heterocycles. The lowest BCUT2D eigenvalue weighted by atomic mass is 10.0. The molecule has 1 aliphatic rings. The zero-order valence-electron chi connectivity index (χ0n) is 16.3. The molecule has 0 atom stereocenters. The number of hydrogen-bond acceptors (Lipinski definition) is 7. The number of amides is 2. The standard InChI is InChI=1S/C21H21NO6S/c1-26-13-8-9-17(28-3)15(12-13)22-20(24)18(19(21(22)25)29-11-10-23)14-6-4-5-7-16(14)27-2/h4-9,12,23H,10-11H2,1-3H3. The van der Waals surface area contributed by atoms with Gasteiger partial charge in [-0.15, -0.1) is 11.8 Å². The predicted molar refractivity (Wildman–Crippen MR) is 111 cm³/mol. The van der Waals surface area contributed by atoms with Crippen LogP contribution in [-0.2, 0) is 9.59 Å². The first-order valence-corrected chi connectivity index (χ1v) is 9.78. The molecule has 0 aliphatic carbocycles. The molecule has 1 N–H and O–H groups in total. The Hall–Kier alpha value is -2.97. The van der Waals surface area contributed by atoms with E-state index in [1.807, 2.05) is 0 Å². The molecule has 152 valence electrons. The van der Waals surface area contributed by atoms with Crippen molar-refractivity contribution in [1.82, 2.24) is 0 Å². The molecule has 29 heavy (non-hydrogen) atoms. The monoisotopic (exact) mass is 415 g/mol. The second-order valence-corrected chi connectivity index (χ2v) is 7.07. The number of hydrogen-bond donors (Lipinski definition) is 1. The number of aliphatic hydroxyl groups excluding tert-OH is 1. The first-order chi connectivity index (χ1) is 14.1. The third-order valence-electron chi connectivity index (χ3n) is 4.38. The highest BCUT2D eigenvalue weighted by Crippen LogP contribution is 2.44. The van der Waals surface area contributed by atoms with Crippen molar-refractivity contribution in [3.63, 3.8) is 0 Å². The van der Waals surface area contributed by atoms with Gasteiger partial charge >= 0.3 is 0 Å². The van der Waals surface area contributed by atoms with Crippen molar-refractivity contribution >= 4 is 34.8 Å². The molecule has 0 aromatic heterocycles. The number of ether oxygens (including phenoxy) is 3. The van der Waals surface area contributed by atoms with E-state index in [-0.39, 0.29) is 28.5 Å². The van der Waals surface area contributed by atoms with Gasteiger partial charge in [0, 0.05) is 17.4 Å². The second-order valence-electron chi connectivity index (χ2n) is 5.96. The number of carbonyl (C=O) groups excluding carboxylic acids is 2. The number of thioether (sulfide) groups is 1. The van der Waals surface area contributed by atoms with Gasteiger partial charge in [0.05, 0.1) is 44.1 Å². The zero-order chi connectivity index (χ0) is 21.0. The van der Waals surface area contributed by atoms with Crippen LogP contribution in [0.15, 0.2) is 47.4 Å². The number of imide groups is 1. The number of rotatable bonds is 8. The van der Waals surface area contributed by atoms with Crippen LogP contribution in [0.1, 0.15) is 5.56 Å². The summed E-state index contributed by atoms with van der Waals surface area (Å²) in [6.45, 7) is -0.128. The van der Waals surface area contributed by atoms with Gasteiger partial charge in [0.25, 0.3) is 11.8 Å². The molecule has 2 aromatic carbocycles. The summed E-state index contributed by atoms with van der Waals surface area (Å²) in [5.74, 6) is 0.616. The number of nitrogens with zero attached hydrogens (tertiary/aromatic N) is 1. The molecule has 0 unspecified atom stereocenters. The van der Waals surface area contributed by atoms with Crippen LogP contribution in [0.25, 0.3) is 5.57 Å². The minimum Gasteiger partial charge on any atom is -0.497 e. The molecule has 0 radical (unpaired) electrons. The summed E-state index contributed by atoms with van der Waals surface area (Å²) in [5, 5.41) is 9.26. The van der Waals surface area contributed by atoms with Crippen LogP contribution >= 0.6 is 11.8 Å². The van der Waals surface area contributed by atoms with E-state index in [1.54, 1.807) is 42.5 Å². The highest BCUT2D eigenvalue weighted by atomic mass is 32.2. The first kappa shape index (κ1) is 20.8. The van der Waals surface area contributed by atoms with Crippen molar-refractivity contribution in [2.24, 2.45) is 0 Å². The van der Waals surface area contributed by atoms with Crippen LogP contribution in [-0.4, -0.2) is 50.6 Å². The maximum absolute atomic E-state index is 13.4. The summed E-state index contributed by atoms with van der Waals surface area (Å²) < 4.78 is 16.0. The molecular weight excluding hydrogens is 394 g/mol. The van der Waals surface area contributed by atoms with Crippen LogP contribution in [0.3, 0.4) is 0 Å². The fourth-order valence-corrected chi connectivity index (χ4v) is 3.92. The summed E-state index contributed by atoms with van der Waals surface area (Å²) in [7, 11) is 4.47. The Morgan fingerprint density at radius 3 is 2.31 bits per heavy atom. The summed E-state index contributed by atoms with van der Waals surface area (Å²) in [4.78, 5) is 28.0. The Labute approximate surface area is 172 Å².